The third kappa shape index (κ3) is 2.93. The maximum absolute atomic E-state index is 12.3. The zero-order valence-corrected chi connectivity index (χ0v) is 19.0. The fourth-order valence-electron chi connectivity index (χ4n) is 8.65. The second-order valence-electron chi connectivity index (χ2n) is 11.3. The van der Waals surface area contributed by atoms with Crippen LogP contribution in [0, 0.1) is 28.6 Å². The van der Waals surface area contributed by atoms with Gasteiger partial charge in [0.15, 0.2) is 0 Å². The van der Waals surface area contributed by atoms with Gasteiger partial charge in [-0.05, 0) is 74.7 Å². The Morgan fingerprint density at radius 2 is 1.91 bits per heavy atom. The molecule has 32 heavy (non-hydrogen) atoms. The first-order valence-electron chi connectivity index (χ1n) is 12.3. The van der Waals surface area contributed by atoms with Crippen LogP contribution in [0.25, 0.3) is 0 Å². The number of carbonyl (C=O) groups excluding carboxylic acids is 1. The van der Waals surface area contributed by atoms with Crippen molar-refractivity contribution in [1.82, 2.24) is 0 Å². The molecule has 0 saturated heterocycles. The van der Waals surface area contributed by atoms with Crippen molar-refractivity contribution in [3.05, 3.63) is 11.6 Å². The zero-order valence-electron chi connectivity index (χ0n) is 19.0. The highest BCUT2D eigenvalue weighted by molar-refractivity contribution is 5.85. The van der Waals surface area contributed by atoms with Gasteiger partial charge in [0.1, 0.15) is 6.61 Å². The molecule has 178 valence electrons. The number of fused-ring (bicyclic) bond motifs is 5. The van der Waals surface area contributed by atoms with E-state index >= 15 is 0 Å². The average molecular weight is 448 g/mol. The number of hydrogen-bond donors (Lipinski definition) is 4. The molecule has 0 radical (unpaired) electrons. The zero-order chi connectivity index (χ0) is 22.8. The molecule has 7 heteroatoms. The maximum Gasteiger partial charge on any atom is 0.331 e. The molecule has 0 aromatic carbocycles. The lowest BCUT2D eigenvalue weighted by molar-refractivity contribution is -0.237. The van der Waals surface area contributed by atoms with Crippen molar-refractivity contribution >= 4 is 12.2 Å². The number of ether oxygens (including phenoxy) is 1. The summed E-state index contributed by atoms with van der Waals surface area (Å²) >= 11 is 0. The molecule has 7 nitrogen and oxygen atoms in total. The molecule has 4 saturated carbocycles. The predicted octanol–water partition coefficient (Wildman–Crippen LogP) is 1.76. The smallest absolute Gasteiger partial charge is 0.331 e. The molecule has 4 aliphatic carbocycles. The minimum Gasteiger partial charge on any atom is -0.458 e. The molecule has 5 rings (SSSR count). The van der Waals surface area contributed by atoms with Crippen LogP contribution in [0.2, 0.25) is 0 Å². The summed E-state index contributed by atoms with van der Waals surface area (Å²) in [5.74, 6) is -0.0485. The molecular weight excluding hydrogens is 410 g/mol. The number of esters is 1. The van der Waals surface area contributed by atoms with Gasteiger partial charge in [-0.1, -0.05) is 6.92 Å². The molecule has 0 aromatic heterocycles. The van der Waals surface area contributed by atoms with E-state index in [0.29, 0.717) is 45.3 Å². The summed E-state index contributed by atoms with van der Waals surface area (Å²) in [6, 6.07) is 0. The third-order valence-electron chi connectivity index (χ3n) is 10.2. The van der Waals surface area contributed by atoms with Gasteiger partial charge in [0.25, 0.3) is 0 Å². The van der Waals surface area contributed by atoms with E-state index in [1.54, 1.807) is 6.08 Å². The fraction of sp³-hybridized carbons (Fsp3) is 0.840. The van der Waals surface area contributed by atoms with Crippen molar-refractivity contribution in [1.29, 1.82) is 0 Å². The van der Waals surface area contributed by atoms with Gasteiger partial charge in [0.05, 0.1) is 30.5 Å². The highest BCUT2D eigenvalue weighted by atomic mass is 16.5. The minimum absolute atomic E-state index is 0.0287. The van der Waals surface area contributed by atoms with Gasteiger partial charge in [-0.2, -0.15) is 0 Å². The molecule has 0 amide bonds. The molecule has 0 aromatic rings. The predicted molar refractivity (Wildman–Crippen MR) is 118 cm³/mol. The van der Waals surface area contributed by atoms with E-state index in [1.165, 1.54) is 0 Å². The lowest BCUT2D eigenvalue weighted by Gasteiger charge is -2.65. The minimum atomic E-state index is -1.04. The summed E-state index contributed by atoms with van der Waals surface area (Å²) < 4.78 is 5.20. The normalized spacial score (nSPS) is 50.5. The van der Waals surface area contributed by atoms with Crippen LogP contribution in [0.15, 0.2) is 16.6 Å². The standard InChI is InChI=1S/C25H37NO6/c1-22-6-3-19-20(25(22,31)9-5-18(22)16-12-21(29)32-14-16)4-8-24(30)13-17(28)2-7-23(19,24)15-26-10-11-27/h12,15,17-20,27-28,30-31H,2-11,13-14H2,1H3/t17?,18?,19-,20?,22+,23-,24?,25?/m0/s1. The van der Waals surface area contributed by atoms with Crippen molar-refractivity contribution < 1.29 is 30.0 Å². The lowest BCUT2D eigenvalue weighted by atomic mass is 9.41. The van der Waals surface area contributed by atoms with Gasteiger partial charge in [-0.15, -0.1) is 0 Å². The lowest BCUT2D eigenvalue weighted by Crippen LogP contribution is -2.68. The van der Waals surface area contributed by atoms with Crippen molar-refractivity contribution in [2.45, 2.75) is 82.0 Å². The Hall–Kier alpha value is -1.28. The molecule has 4 N–H and O–H groups in total. The van der Waals surface area contributed by atoms with Crippen LogP contribution in [-0.4, -0.2) is 69.7 Å². The number of hydrogen-bond acceptors (Lipinski definition) is 7. The largest absolute Gasteiger partial charge is 0.458 e. The molecule has 1 heterocycles. The summed E-state index contributed by atoms with van der Waals surface area (Å²) in [5.41, 5.74) is -1.82. The molecule has 5 aliphatic rings. The number of aliphatic imine (C=N–C) groups is 1. The number of carbonyl (C=O) groups is 1. The van der Waals surface area contributed by atoms with Crippen molar-refractivity contribution in [2.75, 3.05) is 19.8 Å². The van der Waals surface area contributed by atoms with Crippen molar-refractivity contribution in [2.24, 2.45) is 33.6 Å². The van der Waals surface area contributed by atoms with Crippen LogP contribution < -0.4 is 0 Å². The Morgan fingerprint density at radius 1 is 1.12 bits per heavy atom. The Kier molecular flexibility index (Phi) is 5.36. The monoisotopic (exact) mass is 447 g/mol. The van der Waals surface area contributed by atoms with Gasteiger partial charge in [-0.3, -0.25) is 4.99 Å². The van der Waals surface area contributed by atoms with Gasteiger partial charge >= 0.3 is 5.97 Å². The average Bonchev–Trinajstić information content (AvgIpc) is 3.28. The first-order valence-corrected chi connectivity index (χ1v) is 12.3. The summed E-state index contributed by atoms with van der Waals surface area (Å²) in [7, 11) is 0. The van der Waals surface area contributed by atoms with Crippen molar-refractivity contribution in [3.63, 3.8) is 0 Å². The van der Waals surface area contributed by atoms with Gasteiger partial charge in [0, 0.05) is 29.5 Å². The molecule has 4 fully saturated rings. The SMILES string of the molecule is C[C@]12CC[C@H]3C(CCC4(O)CC(O)CC[C@]34C=NCCO)C1(O)CCC2C1=CC(=O)OC1. The molecule has 0 spiro atoms. The number of cyclic esters (lactones) is 1. The molecule has 8 atom stereocenters. The molecule has 0 bridgehead atoms. The Labute approximate surface area is 189 Å². The van der Waals surface area contributed by atoms with E-state index in [9.17, 15) is 25.2 Å². The fourth-order valence-corrected chi connectivity index (χ4v) is 8.65. The molecular formula is C25H37NO6. The third-order valence-corrected chi connectivity index (χ3v) is 10.2. The highest BCUT2D eigenvalue weighted by Gasteiger charge is 2.71. The van der Waals surface area contributed by atoms with Crippen LogP contribution in [0.3, 0.4) is 0 Å². The van der Waals surface area contributed by atoms with E-state index in [-0.39, 0.29) is 35.7 Å². The quantitative estimate of drug-likeness (QED) is 0.385. The Balaban J connectivity index is 1.52. The number of aliphatic hydroxyl groups excluding tert-OH is 2. The van der Waals surface area contributed by atoms with Crippen LogP contribution in [0.5, 0.6) is 0 Å². The maximum atomic E-state index is 12.3. The van der Waals surface area contributed by atoms with E-state index in [2.05, 4.69) is 11.9 Å². The van der Waals surface area contributed by atoms with E-state index in [0.717, 1.165) is 31.3 Å². The second kappa shape index (κ2) is 7.62. The molecule has 1 aliphatic heterocycles. The Morgan fingerprint density at radius 3 is 2.62 bits per heavy atom. The van der Waals surface area contributed by atoms with Crippen LogP contribution in [0.1, 0.15) is 64.7 Å². The molecule has 5 unspecified atom stereocenters. The Bertz CT molecular complexity index is 842. The summed E-state index contributed by atoms with van der Waals surface area (Å²) in [6.07, 6.45) is 9.04. The van der Waals surface area contributed by atoms with Gasteiger partial charge in [0.2, 0.25) is 0 Å². The van der Waals surface area contributed by atoms with E-state index in [1.807, 2.05) is 6.21 Å². The number of nitrogens with zero attached hydrogens (tertiary/aromatic N) is 1. The van der Waals surface area contributed by atoms with Crippen molar-refractivity contribution in [3.8, 4) is 0 Å². The summed E-state index contributed by atoms with van der Waals surface area (Å²) in [5, 5.41) is 43.8. The second-order valence-corrected chi connectivity index (χ2v) is 11.3. The number of rotatable bonds is 4. The summed E-state index contributed by atoms with van der Waals surface area (Å²) in [6.45, 7) is 2.77. The first-order chi connectivity index (χ1) is 15.2. The summed E-state index contributed by atoms with van der Waals surface area (Å²) in [4.78, 5) is 16.2. The first kappa shape index (κ1) is 22.5. The topological polar surface area (TPSA) is 120 Å². The van der Waals surface area contributed by atoms with E-state index < -0.39 is 22.7 Å². The number of aliphatic hydroxyl groups is 4. The van der Waals surface area contributed by atoms with Crippen LogP contribution in [-0.2, 0) is 9.53 Å². The van der Waals surface area contributed by atoms with Gasteiger partial charge < -0.3 is 25.2 Å². The van der Waals surface area contributed by atoms with E-state index in [4.69, 9.17) is 4.74 Å². The van der Waals surface area contributed by atoms with Crippen LogP contribution >= 0.6 is 0 Å². The van der Waals surface area contributed by atoms with Gasteiger partial charge in [-0.25, -0.2) is 4.79 Å². The highest BCUT2D eigenvalue weighted by Crippen LogP contribution is 2.70. The van der Waals surface area contributed by atoms with Crippen LogP contribution in [0.4, 0.5) is 0 Å².